The molecule has 1 aromatic carbocycles. The van der Waals surface area contributed by atoms with E-state index in [1.54, 1.807) is 14.2 Å². The van der Waals surface area contributed by atoms with Crippen molar-refractivity contribution in [2.24, 2.45) is 0 Å². The summed E-state index contributed by atoms with van der Waals surface area (Å²) in [7, 11) is 5.48. The fourth-order valence-corrected chi connectivity index (χ4v) is 2.24. The van der Waals surface area contributed by atoms with Crippen LogP contribution in [0.2, 0.25) is 0 Å². The van der Waals surface area contributed by atoms with Crippen LogP contribution >= 0.6 is 0 Å². The standard InChI is InChI=1S/C15H25NO2/c1-5-7-15(18-4)14(16-2)11-12-8-6-9-13(10-12)17-3/h6,8-10,14-16H,5,7,11H2,1-4H3. The molecule has 0 aliphatic carbocycles. The number of hydrogen-bond donors (Lipinski definition) is 1. The normalized spacial score (nSPS) is 14.2. The van der Waals surface area contributed by atoms with Crippen molar-refractivity contribution in [1.82, 2.24) is 5.32 Å². The van der Waals surface area contributed by atoms with Gasteiger partial charge in [-0.3, -0.25) is 0 Å². The topological polar surface area (TPSA) is 30.5 Å². The summed E-state index contributed by atoms with van der Waals surface area (Å²) >= 11 is 0. The van der Waals surface area contributed by atoms with E-state index in [9.17, 15) is 0 Å². The average molecular weight is 251 g/mol. The maximum atomic E-state index is 5.58. The summed E-state index contributed by atoms with van der Waals surface area (Å²) in [6.07, 6.45) is 3.42. The van der Waals surface area contributed by atoms with Crippen LogP contribution in [0.4, 0.5) is 0 Å². The van der Waals surface area contributed by atoms with Crippen molar-refractivity contribution >= 4 is 0 Å². The lowest BCUT2D eigenvalue weighted by Gasteiger charge is -2.25. The Morgan fingerprint density at radius 3 is 2.61 bits per heavy atom. The first-order valence-corrected chi connectivity index (χ1v) is 6.58. The molecule has 3 nitrogen and oxygen atoms in total. The van der Waals surface area contributed by atoms with Gasteiger partial charge in [0, 0.05) is 13.2 Å². The monoisotopic (exact) mass is 251 g/mol. The van der Waals surface area contributed by atoms with E-state index in [1.165, 1.54) is 5.56 Å². The minimum Gasteiger partial charge on any atom is -0.497 e. The molecule has 18 heavy (non-hydrogen) atoms. The molecular formula is C15H25NO2. The Hall–Kier alpha value is -1.06. The summed E-state index contributed by atoms with van der Waals surface area (Å²) in [4.78, 5) is 0. The molecule has 0 saturated heterocycles. The maximum absolute atomic E-state index is 5.58. The van der Waals surface area contributed by atoms with Crippen LogP contribution in [0, 0.1) is 0 Å². The van der Waals surface area contributed by atoms with Crippen LogP contribution in [0.1, 0.15) is 25.3 Å². The Morgan fingerprint density at radius 2 is 2.06 bits per heavy atom. The summed E-state index contributed by atoms with van der Waals surface area (Å²) in [5.74, 6) is 0.909. The summed E-state index contributed by atoms with van der Waals surface area (Å²) in [5, 5.41) is 3.36. The molecule has 3 heteroatoms. The molecule has 0 spiro atoms. The van der Waals surface area contributed by atoms with E-state index in [-0.39, 0.29) is 6.10 Å². The minimum absolute atomic E-state index is 0.256. The van der Waals surface area contributed by atoms with E-state index in [2.05, 4.69) is 24.4 Å². The lowest BCUT2D eigenvalue weighted by molar-refractivity contribution is 0.0633. The van der Waals surface area contributed by atoms with Crippen LogP contribution in [0.15, 0.2) is 24.3 Å². The van der Waals surface area contributed by atoms with E-state index >= 15 is 0 Å². The molecule has 2 atom stereocenters. The Kier molecular flexibility index (Phi) is 6.76. The molecule has 1 rings (SSSR count). The van der Waals surface area contributed by atoms with Crippen molar-refractivity contribution in [2.45, 2.75) is 38.3 Å². The predicted molar refractivity (Wildman–Crippen MR) is 75.3 cm³/mol. The van der Waals surface area contributed by atoms with Gasteiger partial charge in [0.05, 0.1) is 13.2 Å². The molecule has 0 saturated carbocycles. The molecule has 0 fully saturated rings. The number of hydrogen-bond acceptors (Lipinski definition) is 3. The third-order valence-electron chi connectivity index (χ3n) is 3.29. The average Bonchev–Trinajstić information content (AvgIpc) is 2.42. The van der Waals surface area contributed by atoms with Crippen LogP contribution in [0.25, 0.3) is 0 Å². The van der Waals surface area contributed by atoms with E-state index in [0.717, 1.165) is 25.0 Å². The van der Waals surface area contributed by atoms with Crippen molar-refractivity contribution < 1.29 is 9.47 Å². The molecule has 0 bridgehead atoms. The van der Waals surface area contributed by atoms with Crippen LogP contribution in [0.5, 0.6) is 5.75 Å². The van der Waals surface area contributed by atoms with Gasteiger partial charge in [-0.1, -0.05) is 25.5 Å². The van der Waals surface area contributed by atoms with Gasteiger partial charge in [0.2, 0.25) is 0 Å². The van der Waals surface area contributed by atoms with E-state index in [0.29, 0.717) is 6.04 Å². The quantitative estimate of drug-likeness (QED) is 0.770. The summed E-state index contributed by atoms with van der Waals surface area (Å²) in [6, 6.07) is 8.55. The molecule has 0 aliphatic rings. The number of rotatable bonds is 8. The van der Waals surface area contributed by atoms with Crippen LogP contribution in [-0.4, -0.2) is 33.4 Å². The molecule has 2 unspecified atom stereocenters. The first-order chi connectivity index (χ1) is 8.74. The molecule has 1 N–H and O–H groups in total. The number of benzene rings is 1. The number of nitrogens with one attached hydrogen (secondary N) is 1. The van der Waals surface area contributed by atoms with Gasteiger partial charge in [0.25, 0.3) is 0 Å². The highest BCUT2D eigenvalue weighted by molar-refractivity contribution is 5.29. The Bertz CT molecular complexity index is 341. The van der Waals surface area contributed by atoms with E-state index < -0.39 is 0 Å². The van der Waals surface area contributed by atoms with Gasteiger partial charge in [-0.25, -0.2) is 0 Å². The van der Waals surface area contributed by atoms with Crippen molar-refractivity contribution in [2.75, 3.05) is 21.3 Å². The number of methoxy groups -OCH3 is 2. The third-order valence-corrected chi connectivity index (χ3v) is 3.29. The zero-order chi connectivity index (χ0) is 13.4. The van der Waals surface area contributed by atoms with Crippen molar-refractivity contribution in [3.05, 3.63) is 29.8 Å². The van der Waals surface area contributed by atoms with Crippen LogP contribution < -0.4 is 10.1 Å². The second kappa shape index (κ2) is 8.11. The summed E-state index contributed by atoms with van der Waals surface area (Å²) < 4.78 is 10.8. The highest BCUT2D eigenvalue weighted by Crippen LogP contribution is 2.17. The predicted octanol–water partition coefficient (Wildman–Crippen LogP) is 2.64. The highest BCUT2D eigenvalue weighted by Gasteiger charge is 2.19. The van der Waals surface area contributed by atoms with Gasteiger partial charge in [-0.15, -0.1) is 0 Å². The molecule has 0 aliphatic heterocycles. The molecule has 0 heterocycles. The Morgan fingerprint density at radius 1 is 1.28 bits per heavy atom. The fourth-order valence-electron chi connectivity index (χ4n) is 2.24. The third kappa shape index (κ3) is 4.31. The molecule has 0 aromatic heterocycles. The molecule has 1 aromatic rings. The lowest BCUT2D eigenvalue weighted by atomic mass is 9.98. The van der Waals surface area contributed by atoms with Crippen molar-refractivity contribution in [3.63, 3.8) is 0 Å². The van der Waals surface area contributed by atoms with Crippen LogP contribution in [0.3, 0.4) is 0 Å². The molecule has 0 radical (unpaired) electrons. The second-order valence-electron chi connectivity index (χ2n) is 4.51. The fraction of sp³-hybridized carbons (Fsp3) is 0.600. The zero-order valence-electron chi connectivity index (χ0n) is 11.9. The van der Waals surface area contributed by atoms with Gasteiger partial charge in [-0.05, 0) is 37.6 Å². The van der Waals surface area contributed by atoms with Gasteiger partial charge >= 0.3 is 0 Å². The smallest absolute Gasteiger partial charge is 0.119 e. The van der Waals surface area contributed by atoms with Gasteiger partial charge in [-0.2, -0.15) is 0 Å². The maximum Gasteiger partial charge on any atom is 0.119 e. The minimum atomic E-state index is 0.256. The SMILES string of the molecule is CCCC(OC)C(Cc1cccc(OC)c1)NC. The first-order valence-electron chi connectivity index (χ1n) is 6.58. The lowest BCUT2D eigenvalue weighted by Crippen LogP contribution is -2.40. The summed E-state index contributed by atoms with van der Waals surface area (Å²) in [5.41, 5.74) is 1.27. The Balaban J connectivity index is 2.71. The second-order valence-corrected chi connectivity index (χ2v) is 4.51. The highest BCUT2D eigenvalue weighted by atomic mass is 16.5. The molecule has 0 amide bonds. The van der Waals surface area contributed by atoms with Crippen molar-refractivity contribution in [1.29, 1.82) is 0 Å². The van der Waals surface area contributed by atoms with E-state index in [4.69, 9.17) is 9.47 Å². The zero-order valence-corrected chi connectivity index (χ0v) is 11.9. The largest absolute Gasteiger partial charge is 0.497 e. The Labute approximate surface area is 110 Å². The van der Waals surface area contributed by atoms with E-state index in [1.807, 2.05) is 19.2 Å². The van der Waals surface area contributed by atoms with Gasteiger partial charge in [0.1, 0.15) is 5.75 Å². The number of ether oxygens (including phenoxy) is 2. The van der Waals surface area contributed by atoms with Gasteiger partial charge < -0.3 is 14.8 Å². The molecule has 102 valence electrons. The van der Waals surface area contributed by atoms with Gasteiger partial charge in [0.15, 0.2) is 0 Å². The summed E-state index contributed by atoms with van der Waals surface area (Å²) in [6.45, 7) is 2.18. The number of likely N-dealkylation sites (N-methyl/N-ethyl adjacent to an activating group) is 1. The van der Waals surface area contributed by atoms with Crippen molar-refractivity contribution in [3.8, 4) is 5.75 Å². The molecular weight excluding hydrogens is 226 g/mol. The van der Waals surface area contributed by atoms with Crippen LogP contribution in [-0.2, 0) is 11.2 Å². The first kappa shape index (κ1) is 15.0.